The van der Waals surface area contributed by atoms with Gasteiger partial charge in [-0.3, -0.25) is 4.98 Å². The Bertz CT molecular complexity index is 858. The lowest BCUT2D eigenvalue weighted by Gasteiger charge is -2.30. The van der Waals surface area contributed by atoms with Crippen LogP contribution < -0.4 is 5.69 Å². The van der Waals surface area contributed by atoms with Gasteiger partial charge in [0.1, 0.15) is 11.2 Å². The Hall–Kier alpha value is -1.73. The number of aromatic nitrogens is 4. The van der Waals surface area contributed by atoms with E-state index in [2.05, 4.69) is 28.9 Å². The first kappa shape index (κ1) is 11.1. The molecule has 3 aromatic heterocycles. The lowest BCUT2D eigenvalue weighted by molar-refractivity contribution is -0.0379. The number of H-pyrrole nitrogens is 1. The van der Waals surface area contributed by atoms with Gasteiger partial charge in [0.25, 0.3) is 0 Å². The molecular weight excluding hydrogens is 264 g/mol. The second-order valence-corrected chi connectivity index (χ2v) is 6.46. The van der Waals surface area contributed by atoms with Crippen molar-refractivity contribution in [3.05, 3.63) is 27.3 Å². The Morgan fingerprint density at radius 1 is 1.53 bits per heavy atom. The molecule has 0 bridgehead atoms. The van der Waals surface area contributed by atoms with Crippen molar-refractivity contribution in [2.24, 2.45) is 0 Å². The van der Waals surface area contributed by atoms with Gasteiger partial charge in [-0.25, -0.2) is 9.78 Å². The van der Waals surface area contributed by atoms with E-state index < -0.39 is 0 Å². The Kier molecular flexibility index (Phi) is 2.01. The van der Waals surface area contributed by atoms with Crippen molar-refractivity contribution in [2.45, 2.75) is 32.5 Å². The van der Waals surface area contributed by atoms with Gasteiger partial charge >= 0.3 is 5.69 Å². The Morgan fingerprint density at radius 2 is 2.37 bits per heavy atom. The molecule has 19 heavy (non-hydrogen) atoms. The van der Waals surface area contributed by atoms with Crippen LogP contribution in [0.3, 0.4) is 0 Å². The molecule has 4 rings (SSSR count). The lowest BCUT2D eigenvalue weighted by atomic mass is 9.94. The topological polar surface area (TPSA) is 72.3 Å². The summed E-state index contributed by atoms with van der Waals surface area (Å²) in [6.45, 7) is 4.74. The van der Waals surface area contributed by atoms with Crippen molar-refractivity contribution >= 4 is 27.2 Å². The molecule has 0 amide bonds. The number of fused-ring (bicyclic) bond motifs is 5. The second-order valence-electron chi connectivity index (χ2n) is 5.36. The van der Waals surface area contributed by atoms with Gasteiger partial charge < -0.3 is 4.74 Å². The highest BCUT2D eigenvalue weighted by molar-refractivity contribution is 7.19. The van der Waals surface area contributed by atoms with Crippen LogP contribution in [0.15, 0.2) is 11.1 Å². The number of hydrogen-bond acceptors (Lipinski definition) is 5. The third-order valence-electron chi connectivity index (χ3n) is 3.47. The van der Waals surface area contributed by atoms with Gasteiger partial charge in [0, 0.05) is 11.3 Å². The standard InChI is InChI=1S/C12H12N4O2S/c1-12(2)3-6-7(4-18-12)19-10-8(6)9-13-5-14-16(9)11(17)15-10/h5H,3-4H2,1-2H3,(H,15,17). The molecule has 1 aliphatic heterocycles. The molecule has 0 aromatic carbocycles. The quantitative estimate of drug-likeness (QED) is 0.675. The molecule has 1 N–H and O–H groups in total. The number of aromatic amines is 1. The number of nitrogens with one attached hydrogen (secondary N) is 1. The molecule has 0 saturated heterocycles. The highest BCUT2D eigenvalue weighted by Gasteiger charge is 2.30. The van der Waals surface area contributed by atoms with Gasteiger partial charge in [0.15, 0.2) is 5.65 Å². The fourth-order valence-electron chi connectivity index (χ4n) is 2.59. The van der Waals surface area contributed by atoms with Crippen LogP contribution in [-0.2, 0) is 17.8 Å². The van der Waals surface area contributed by atoms with Gasteiger partial charge in [-0.2, -0.15) is 9.61 Å². The summed E-state index contributed by atoms with van der Waals surface area (Å²) in [6.07, 6.45) is 2.23. The van der Waals surface area contributed by atoms with Crippen LogP contribution in [0.2, 0.25) is 0 Å². The Balaban J connectivity index is 2.15. The summed E-state index contributed by atoms with van der Waals surface area (Å²) in [5.41, 5.74) is 1.42. The maximum atomic E-state index is 11.9. The summed E-state index contributed by atoms with van der Waals surface area (Å²) in [6, 6.07) is 0. The molecule has 6 nitrogen and oxygen atoms in total. The maximum Gasteiger partial charge on any atom is 0.349 e. The second kappa shape index (κ2) is 3.43. The van der Waals surface area contributed by atoms with Crippen LogP contribution in [0.4, 0.5) is 0 Å². The molecule has 0 unspecified atom stereocenters. The number of rotatable bonds is 0. The summed E-state index contributed by atoms with van der Waals surface area (Å²) in [5.74, 6) is 0. The van der Waals surface area contributed by atoms with E-state index in [4.69, 9.17) is 4.74 Å². The fourth-order valence-corrected chi connectivity index (χ4v) is 3.71. The summed E-state index contributed by atoms with van der Waals surface area (Å²) in [5, 5.41) is 4.98. The number of ether oxygens (including phenoxy) is 1. The van der Waals surface area contributed by atoms with E-state index in [0.717, 1.165) is 16.6 Å². The zero-order chi connectivity index (χ0) is 13.2. The summed E-state index contributed by atoms with van der Waals surface area (Å²) >= 11 is 1.57. The molecule has 4 heterocycles. The summed E-state index contributed by atoms with van der Waals surface area (Å²) in [4.78, 5) is 21.0. The SMILES string of the molecule is CC1(C)Cc2c(sc3[nH]c(=O)n4ncnc4c23)CO1. The highest BCUT2D eigenvalue weighted by Crippen LogP contribution is 2.38. The fraction of sp³-hybridized carbons (Fsp3) is 0.417. The normalized spacial score (nSPS) is 18.0. The van der Waals surface area contributed by atoms with Crippen molar-refractivity contribution in [3.63, 3.8) is 0 Å². The molecule has 0 atom stereocenters. The first-order chi connectivity index (χ1) is 9.05. The predicted octanol–water partition coefficient (Wildman–Crippen LogP) is 1.48. The average molecular weight is 276 g/mol. The van der Waals surface area contributed by atoms with Crippen molar-refractivity contribution in [1.82, 2.24) is 19.6 Å². The smallest absolute Gasteiger partial charge is 0.349 e. The van der Waals surface area contributed by atoms with E-state index in [1.165, 1.54) is 21.3 Å². The molecule has 7 heteroatoms. The van der Waals surface area contributed by atoms with Crippen molar-refractivity contribution in [3.8, 4) is 0 Å². The zero-order valence-corrected chi connectivity index (χ0v) is 11.4. The van der Waals surface area contributed by atoms with Crippen LogP contribution in [-0.4, -0.2) is 25.2 Å². The molecule has 0 spiro atoms. The van der Waals surface area contributed by atoms with Gasteiger partial charge in [-0.05, 0) is 19.4 Å². The van der Waals surface area contributed by atoms with Gasteiger partial charge in [0.05, 0.1) is 17.6 Å². The molecule has 98 valence electrons. The van der Waals surface area contributed by atoms with E-state index in [1.54, 1.807) is 11.3 Å². The first-order valence-electron chi connectivity index (χ1n) is 6.05. The molecule has 1 aliphatic rings. The van der Waals surface area contributed by atoms with Crippen molar-refractivity contribution in [1.29, 1.82) is 0 Å². The van der Waals surface area contributed by atoms with Crippen LogP contribution in [0.5, 0.6) is 0 Å². The van der Waals surface area contributed by atoms with Gasteiger partial charge in [-0.15, -0.1) is 11.3 Å². The molecule has 0 fully saturated rings. The third-order valence-corrected chi connectivity index (χ3v) is 4.59. The number of thiophene rings is 1. The van der Waals surface area contributed by atoms with E-state index >= 15 is 0 Å². The Labute approximate surface area is 112 Å². The minimum atomic E-state index is -0.251. The Morgan fingerprint density at radius 3 is 3.21 bits per heavy atom. The van der Waals surface area contributed by atoms with Crippen LogP contribution in [0, 0.1) is 0 Å². The van der Waals surface area contributed by atoms with Gasteiger partial charge in [-0.1, -0.05) is 0 Å². The van der Waals surface area contributed by atoms with Gasteiger partial charge in [0.2, 0.25) is 0 Å². The predicted molar refractivity (Wildman–Crippen MR) is 71.6 cm³/mol. The van der Waals surface area contributed by atoms with Crippen LogP contribution in [0.25, 0.3) is 15.9 Å². The van der Waals surface area contributed by atoms with Crippen LogP contribution >= 0.6 is 11.3 Å². The largest absolute Gasteiger partial charge is 0.370 e. The first-order valence-corrected chi connectivity index (χ1v) is 6.87. The number of hydrogen-bond donors (Lipinski definition) is 1. The van der Waals surface area contributed by atoms with Crippen molar-refractivity contribution in [2.75, 3.05) is 0 Å². The number of nitrogens with zero attached hydrogens (tertiary/aromatic N) is 3. The maximum absolute atomic E-state index is 11.9. The van der Waals surface area contributed by atoms with E-state index in [0.29, 0.717) is 12.3 Å². The molecule has 0 radical (unpaired) electrons. The van der Waals surface area contributed by atoms with Crippen LogP contribution in [0.1, 0.15) is 24.3 Å². The monoisotopic (exact) mass is 276 g/mol. The van der Waals surface area contributed by atoms with E-state index in [1.807, 2.05) is 0 Å². The average Bonchev–Trinajstić information content (AvgIpc) is 2.91. The lowest BCUT2D eigenvalue weighted by Crippen LogP contribution is -2.31. The minimum Gasteiger partial charge on any atom is -0.370 e. The summed E-state index contributed by atoms with van der Waals surface area (Å²) < 4.78 is 7.14. The third kappa shape index (κ3) is 1.48. The zero-order valence-electron chi connectivity index (χ0n) is 10.6. The molecule has 3 aromatic rings. The molecule has 0 saturated carbocycles. The van der Waals surface area contributed by atoms with E-state index in [9.17, 15) is 4.79 Å². The summed E-state index contributed by atoms with van der Waals surface area (Å²) in [7, 11) is 0. The molecule has 0 aliphatic carbocycles. The van der Waals surface area contributed by atoms with Crippen molar-refractivity contribution < 1.29 is 4.74 Å². The van der Waals surface area contributed by atoms with E-state index in [-0.39, 0.29) is 11.3 Å². The minimum absolute atomic E-state index is 0.186. The molecular formula is C12H12N4O2S. The highest BCUT2D eigenvalue weighted by atomic mass is 32.1.